The van der Waals surface area contributed by atoms with Gasteiger partial charge in [0.15, 0.2) is 0 Å². The molecule has 0 saturated carbocycles. The first-order chi connectivity index (χ1) is 11.5. The number of hydrogen-bond acceptors (Lipinski definition) is 5. The maximum Gasteiger partial charge on any atom is 0.267 e. The number of amides is 1. The highest BCUT2D eigenvalue weighted by atomic mass is 32.2. The Labute approximate surface area is 147 Å². The number of carbonyl (C=O) groups excluding carboxylic acids is 1. The van der Waals surface area contributed by atoms with Gasteiger partial charge in [0.2, 0.25) is 10.0 Å². The maximum atomic E-state index is 12.6. The summed E-state index contributed by atoms with van der Waals surface area (Å²) in [5.41, 5.74) is 0.305. The zero-order valence-corrected chi connectivity index (χ0v) is 15.5. The van der Waals surface area contributed by atoms with Crippen LogP contribution in [0.15, 0.2) is 17.2 Å². The predicted octanol–water partition coefficient (Wildman–Crippen LogP) is 0.576. The summed E-state index contributed by atoms with van der Waals surface area (Å²) >= 11 is 1.76. The van der Waals surface area contributed by atoms with E-state index >= 15 is 0 Å². The first-order valence-corrected chi connectivity index (χ1v) is 10.8. The smallest absolute Gasteiger partial charge is 0.267 e. The minimum atomic E-state index is -3.51. The molecule has 0 aliphatic carbocycles. The van der Waals surface area contributed by atoms with Crippen LogP contribution in [0.2, 0.25) is 0 Å². The van der Waals surface area contributed by atoms with E-state index in [4.69, 9.17) is 0 Å². The van der Waals surface area contributed by atoms with Gasteiger partial charge in [0.1, 0.15) is 10.6 Å². The van der Waals surface area contributed by atoms with Gasteiger partial charge in [-0.05, 0) is 39.0 Å². The second-order valence-corrected chi connectivity index (χ2v) is 9.48. The van der Waals surface area contributed by atoms with Gasteiger partial charge >= 0.3 is 0 Å². The molecule has 1 aromatic heterocycles. The van der Waals surface area contributed by atoms with Crippen molar-refractivity contribution in [2.45, 2.75) is 23.8 Å². The number of aromatic nitrogens is 1. The summed E-state index contributed by atoms with van der Waals surface area (Å²) in [4.78, 5) is 17.6. The highest BCUT2D eigenvalue weighted by Crippen LogP contribution is 2.21. The number of hydrogen-bond donors (Lipinski definition) is 2. The second-order valence-electron chi connectivity index (χ2n) is 6.32. The quantitative estimate of drug-likeness (QED) is 0.807. The molecule has 2 saturated heterocycles. The fourth-order valence-corrected chi connectivity index (χ4v) is 5.58. The van der Waals surface area contributed by atoms with Crippen molar-refractivity contribution < 1.29 is 13.2 Å². The van der Waals surface area contributed by atoms with Crippen LogP contribution in [-0.4, -0.2) is 79.3 Å². The molecule has 2 aliphatic rings. The molecule has 0 radical (unpaired) electrons. The Balaban J connectivity index is 1.65. The lowest BCUT2D eigenvalue weighted by Crippen LogP contribution is -2.43. The van der Waals surface area contributed by atoms with Gasteiger partial charge in [0.25, 0.3) is 5.91 Å². The molecule has 0 atom stereocenters. The summed E-state index contributed by atoms with van der Waals surface area (Å²) in [6.07, 6.45) is 3.25. The van der Waals surface area contributed by atoms with Crippen molar-refractivity contribution >= 4 is 27.7 Å². The van der Waals surface area contributed by atoms with Crippen molar-refractivity contribution in [2.75, 3.05) is 44.7 Å². The number of sulfonamides is 1. The molecule has 0 aromatic carbocycles. The number of nitrogens with zero attached hydrogens (tertiary/aromatic N) is 2. The van der Waals surface area contributed by atoms with Crippen LogP contribution in [0.1, 0.15) is 23.3 Å². The first-order valence-electron chi connectivity index (χ1n) is 8.22. The number of carbonyl (C=O) groups is 1. The number of aromatic amines is 1. The summed E-state index contributed by atoms with van der Waals surface area (Å²) < 4.78 is 26.7. The van der Waals surface area contributed by atoms with E-state index < -0.39 is 10.0 Å². The van der Waals surface area contributed by atoms with Crippen molar-refractivity contribution in [2.24, 2.45) is 0 Å². The van der Waals surface area contributed by atoms with Gasteiger partial charge in [-0.3, -0.25) is 4.79 Å². The Morgan fingerprint density at radius 2 is 1.92 bits per heavy atom. The predicted molar refractivity (Wildman–Crippen MR) is 94.9 cm³/mol. The van der Waals surface area contributed by atoms with Gasteiger partial charge in [-0.2, -0.15) is 16.1 Å². The molecule has 2 fully saturated rings. The lowest BCUT2D eigenvalue weighted by Gasteiger charge is -2.29. The van der Waals surface area contributed by atoms with E-state index in [-0.39, 0.29) is 16.8 Å². The molecule has 3 rings (SSSR count). The first kappa shape index (κ1) is 17.8. The molecule has 1 aromatic rings. The Bertz CT molecular complexity index is 675. The van der Waals surface area contributed by atoms with Crippen molar-refractivity contribution in [1.29, 1.82) is 0 Å². The zero-order valence-electron chi connectivity index (χ0n) is 13.8. The molecular formula is C15H24N4O3S2. The SMILES string of the molecule is CN1CCC(NC(=O)c2cc(S(=O)(=O)N3CCSCC3)c[nH]2)CC1. The highest BCUT2D eigenvalue weighted by Gasteiger charge is 2.28. The van der Waals surface area contributed by atoms with Crippen molar-refractivity contribution in [3.8, 4) is 0 Å². The minimum absolute atomic E-state index is 0.149. The van der Waals surface area contributed by atoms with Crippen LogP contribution in [0.5, 0.6) is 0 Å². The van der Waals surface area contributed by atoms with Crippen molar-refractivity contribution in [3.63, 3.8) is 0 Å². The monoisotopic (exact) mass is 372 g/mol. The van der Waals surface area contributed by atoms with E-state index in [1.165, 1.54) is 16.6 Å². The lowest BCUT2D eigenvalue weighted by atomic mass is 10.1. The van der Waals surface area contributed by atoms with Gasteiger partial charge in [-0.1, -0.05) is 0 Å². The van der Waals surface area contributed by atoms with Crippen LogP contribution in [0.25, 0.3) is 0 Å². The van der Waals surface area contributed by atoms with Gasteiger partial charge in [0, 0.05) is 36.8 Å². The molecule has 24 heavy (non-hydrogen) atoms. The molecule has 3 heterocycles. The van der Waals surface area contributed by atoms with E-state index in [0.717, 1.165) is 37.4 Å². The number of nitrogens with one attached hydrogen (secondary N) is 2. The number of piperidine rings is 1. The third kappa shape index (κ3) is 3.96. The number of H-pyrrole nitrogens is 1. The standard InChI is InChI=1S/C15H24N4O3S2/c1-18-4-2-12(3-5-18)17-15(20)14-10-13(11-16-14)24(21,22)19-6-8-23-9-7-19/h10-12,16H,2-9H2,1H3,(H,17,20). The van der Waals surface area contributed by atoms with Crippen LogP contribution < -0.4 is 5.32 Å². The molecule has 1 amide bonds. The van der Waals surface area contributed by atoms with E-state index in [9.17, 15) is 13.2 Å². The second kappa shape index (κ2) is 7.47. The highest BCUT2D eigenvalue weighted by molar-refractivity contribution is 7.99. The minimum Gasteiger partial charge on any atom is -0.356 e. The molecule has 0 unspecified atom stereocenters. The number of likely N-dealkylation sites (tertiary alicyclic amines) is 1. The lowest BCUT2D eigenvalue weighted by molar-refractivity contribution is 0.0912. The normalized spacial score (nSPS) is 21.7. The topological polar surface area (TPSA) is 85.5 Å². The van der Waals surface area contributed by atoms with Crippen LogP contribution in [0.3, 0.4) is 0 Å². The number of rotatable bonds is 4. The van der Waals surface area contributed by atoms with Gasteiger partial charge in [0.05, 0.1) is 0 Å². The van der Waals surface area contributed by atoms with E-state index in [1.54, 1.807) is 11.8 Å². The van der Waals surface area contributed by atoms with E-state index in [2.05, 4.69) is 22.2 Å². The van der Waals surface area contributed by atoms with Crippen LogP contribution in [0, 0.1) is 0 Å². The van der Waals surface area contributed by atoms with Crippen LogP contribution >= 0.6 is 11.8 Å². The van der Waals surface area contributed by atoms with Crippen LogP contribution in [0.4, 0.5) is 0 Å². The van der Waals surface area contributed by atoms with Crippen molar-refractivity contribution in [3.05, 3.63) is 18.0 Å². The Morgan fingerprint density at radius 3 is 2.58 bits per heavy atom. The van der Waals surface area contributed by atoms with Gasteiger partial charge < -0.3 is 15.2 Å². The van der Waals surface area contributed by atoms with Gasteiger partial charge in [-0.25, -0.2) is 8.42 Å². The van der Waals surface area contributed by atoms with Crippen molar-refractivity contribution in [1.82, 2.24) is 19.5 Å². The maximum absolute atomic E-state index is 12.6. The fourth-order valence-electron chi connectivity index (χ4n) is 3.01. The number of thioether (sulfide) groups is 1. The molecular weight excluding hydrogens is 348 g/mol. The molecule has 134 valence electrons. The summed E-state index contributed by atoms with van der Waals surface area (Å²) in [5.74, 6) is 1.39. The Morgan fingerprint density at radius 1 is 1.25 bits per heavy atom. The van der Waals surface area contributed by atoms with E-state index in [1.807, 2.05) is 0 Å². The molecule has 2 aliphatic heterocycles. The zero-order chi connectivity index (χ0) is 17.2. The summed E-state index contributed by atoms with van der Waals surface area (Å²) in [5, 5.41) is 2.99. The molecule has 2 N–H and O–H groups in total. The van der Waals surface area contributed by atoms with Crippen LogP contribution in [-0.2, 0) is 10.0 Å². The molecule has 7 nitrogen and oxygen atoms in total. The fraction of sp³-hybridized carbons (Fsp3) is 0.667. The third-order valence-corrected chi connectivity index (χ3v) is 7.38. The van der Waals surface area contributed by atoms with E-state index in [0.29, 0.717) is 18.8 Å². The average molecular weight is 373 g/mol. The largest absolute Gasteiger partial charge is 0.356 e. The summed E-state index contributed by atoms with van der Waals surface area (Å²) in [7, 11) is -1.44. The Hall–Kier alpha value is -1.03. The molecule has 0 bridgehead atoms. The summed E-state index contributed by atoms with van der Waals surface area (Å²) in [6.45, 7) is 2.97. The molecule has 9 heteroatoms. The molecule has 0 spiro atoms. The average Bonchev–Trinajstić information content (AvgIpc) is 3.09. The third-order valence-electron chi connectivity index (χ3n) is 4.56. The summed E-state index contributed by atoms with van der Waals surface area (Å²) in [6, 6.07) is 1.60. The Kier molecular flexibility index (Phi) is 5.53. The van der Waals surface area contributed by atoms with Gasteiger partial charge in [-0.15, -0.1) is 0 Å².